The van der Waals surface area contributed by atoms with Crippen molar-refractivity contribution in [3.05, 3.63) is 35.4 Å². The second kappa shape index (κ2) is 9.56. The molecule has 0 aromatic heterocycles. The van der Waals surface area contributed by atoms with Gasteiger partial charge in [-0.2, -0.15) is 0 Å². The van der Waals surface area contributed by atoms with Crippen LogP contribution in [-0.4, -0.2) is 24.2 Å². The van der Waals surface area contributed by atoms with Crippen LogP contribution in [0.3, 0.4) is 0 Å². The van der Waals surface area contributed by atoms with Gasteiger partial charge in [0.1, 0.15) is 0 Å². The standard InChI is InChI=1S/C16H25NO2/c1-14-7-6-8-15(13-14)9-10-16(19)17-11-4-2-3-5-12-18/h6-8,13,18H,2-5,9-12H2,1H3,(H,17,19). The van der Waals surface area contributed by atoms with Gasteiger partial charge < -0.3 is 10.4 Å². The fourth-order valence-electron chi connectivity index (χ4n) is 2.03. The van der Waals surface area contributed by atoms with E-state index in [0.717, 1.165) is 38.6 Å². The molecule has 1 amide bonds. The van der Waals surface area contributed by atoms with Gasteiger partial charge in [-0.05, 0) is 31.7 Å². The number of aliphatic hydroxyl groups is 1. The van der Waals surface area contributed by atoms with Gasteiger partial charge in [0.15, 0.2) is 0 Å². The highest BCUT2D eigenvalue weighted by Crippen LogP contribution is 2.06. The van der Waals surface area contributed by atoms with Crippen molar-refractivity contribution < 1.29 is 9.90 Å². The zero-order valence-corrected chi connectivity index (χ0v) is 11.8. The molecule has 1 aromatic carbocycles. The molecule has 3 heteroatoms. The molecular weight excluding hydrogens is 238 g/mol. The highest BCUT2D eigenvalue weighted by Gasteiger charge is 2.01. The van der Waals surface area contributed by atoms with Crippen LogP contribution in [0.25, 0.3) is 0 Å². The Balaban J connectivity index is 2.08. The number of hydrogen-bond donors (Lipinski definition) is 2. The summed E-state index contributed by atoms with van der Waals surface area (Å²) in [6, 6.07) is 8.29. The van der Waals surface area contributed by atoms with E-state index in [1.54, 1.807) is 0 Å². The van der Waals surface area contributed by atoms with E-state index < -0.39 is 0 Å². The van der Waals surface area contributed by atoms with Gasteiger partial charge in [0.25, 0.3) is 0 Å². The fraction of sp³-hybridized carbons (Fsp3) is 0.562. The van der Waals surface area contributed by atoms with Crippen molar-refractivity contribution in [2.24, 2.45) is 0 Å². The number of amides is 1. The van der Waals surface area contributed by atoms with Gasteiger partial charge in [0.2, 0.25) is 5.91 Å². The van der Waals surface area contributed by atoms with Crippen LogP contribution in [0, 0.1) is 6.92 Å². The number of benzene rings is 1. The number of hydrogen-bond acceptors (Lipinski definition) is 2. The highest BCUT2D eigenvalue weighted by atomic mass is 16.2. The number of aryl methyl sites for hydroxylation is 2. The van der Waals surface area contributed by atoms with Gasteiger partial charge in [-0.25, -0.2) is 0 Å². The Morgan fingerprint density at radius 3 is 2.74 bits per heavy atom. The van der Waals surface area contributed by atoms with Crippen molar-refractivity contribution >= 4 is 5.91 Å². The van der Waals surface area contributed by atoms with Gasteiger partial charge >= 0.3 is 0 Å². The van der Waals surface area contributed by atoms with Gasteiger partial charge in [0.05, 0.1) is 0 Å². The number of rotatable bonds is 9. The first-order chi connectivity index (χ1) is 9.22. The summed E-state index contributed by atoms with van der Waals surface area (Å²) in [7, 11) is 0. The number of carbonyl (C=O) groups is 1. The van der Waals surface area contributed by atoms with E-state index in [0.29, 0.717) is 6.42 Å². The van der Waals surface area contributed by atoms with E-state index in [4.69, 9.17) is 5.11 Å². The molecule has 0 aliphatic carbocycles. The second-order valence-corrected chi connectivity index (χ2v) is 4.98. The molecule has 0 aliphatic rings. The molecule has 1 aromatic rings. The summed E-state index contributed by atoms with van der Waals surface area (Å²) < 4.78 is 0. The van der Waals surface area contributed by atoms with Gasteiger partial charge in [-0.3, -0.25) is 4.79 Å². The Morgan fingerprint density at radius 1 is 1.21 bits per heavy atom. The molecule has 0 fully saturated rings. The van der Waals surface area contributed by atoms with Crippen molar-refractivity contribution in [2.45, 2.75) is 45.4 Å². The molecule has 0 unspecified atom stereocenters. The van der Waals surface area contributed by atoms with Crippen LogP contribution in [0.2, 0.25) is 0 Å². The molecular formula is C16H25NO2. The zero-order valence-electron chi connectivity index (χ0n) is 11.8. The Hall–Kier alpha value is -1.35. The Labute approximate surface area is 116 Å². The molecule has 0 aliphatic heterocycles. The summed E-state index contributed by atoms with van der Waals surface area (Å²) in [6.07, 6.45) is 5.32. The normalized spacial score (nSPS) is 10.4. The minimum absolute atomic E-state index is 0.128. The summed E-state index contributed by atoms with van der Waals surface area (Å²) in [6.45, 7) is 3.08. The van der Waals surface area contributed by atoms with Gasteiger partial charge in [-0.15, -0.1) is 0 Å². The van der Waals surface area contributed by atoms with E-state index in [-0.39, 0.29) is 12.5 Å². The minimum Gasteiger partial charge on any atom is -0.396 e. The molecule has 0 radical (unpaired) electrons. The molecule has 19 heavy (non-hydrogen) atoms. The van der Waals surface area contributed by atoms with Crippen molar-refractivity contribution in [1.82, 2.24) is 5.32 Å². The van der Waals surface area contributed by atoms with Crippen LogP contribution in [0.5, 0.6) is 0 Å². The lowest BCUT2D eigenvalue weighted by Crippen LogP contribution is -2.24. The largest absolute Gasteiger partial charge is 0.396 e. The van der Waals surface area contributed by atoms with Gasteiger partial charge in [-0.1, -0.05) is 42.7 Å². The van der Waals surface area contributed by atoms with Crippen molar-refractivity contribution in [3.8, 4) is 0 Å². The summed E-state index contributed by atoms with van der Waals surface area (Å²) in [5.41, 5.74) is 2.46. The Bertz CT molecular complexity index is 377. The lowest BCUT2D eigenvalue weighted by atomic mass is 10.1. The summed E-state index contributed by atoms with van der Waals surface area (Å²) in [4.78, 5) is 11.6. The summed E-state index contributed by atoms with van der Waals surface area (Å²) in [5, 5.41) is 11.6. The summed E-state index contributed by atoms with van der Waals surface area (Å²) in [5.74, 6) is 0.128. The van der Waals surface area contributed by atoms with Crippen LogP contribution in [0.1, 0.15) is 43.2 Å². The molecule has 0 saturated heterocycles. The Kier molecular flexibility index (Phi) is 7.91. The molecule has 106 valence electrons. The van der Waals surface area contributed by atoms with Gasteiger partial charge in [0, 0.05) is 19.6 Å². The molecule has 3 nitrogen and oxygen atoms in total. The van der Waals surface area contributed by atoms with E-state index in [9.17, 15) is 4.79 Å². The van der Waals surface area contributed by atoms with Crippen LogP contribution in [0.4, 0.5) is 0 Å². The van der Waals surface area contributed by atoms with E-state index in [2.05, 4.69) is 30.4 Å². The quantitative estimate of drug-likeness (QED) is 0.673. The third-order valence-corrected chi connectivity index (χ3v) is 3.13. The maximum Gasteiger partial charge on any atom is 0.220 e. The smallest absolute Gasteiger partial charge is 0.220 e. The first-order valence-electron chi connectivity index (χ1n) is 7.15. The maximum absolute atomic E-state index is 11.6. The average molecular weight is 263 g/mol. The molecule has 0 heterocycles. The minimum atomic E-state index is 0.128. The van der Waals surface area contributed by atoms with E-state index in [1.807, 2.05) is 6.07 Å². The number of unbranched alkanes of at least 4 members (excludes halogenated alkanes) is 3. The monoisotopic (exact) mass is 263 g/mol. The third-order valence-electron chi connectivity index (χ3n) is 3.13. The lowest BCUT2D eigenvalue weighted by Gasteiger charge is -2.05. The predicted octanol–water partition coefficient (Wildman–Crippen LogP) is 2.60. The SMILES string of the molecule is Cc1cccc(CCC(=O)NCCCCCCO)c1. The third kappa shape index (κ3) is 7.62. The second-order valence-electron chi connectivity index (χ2n) is 4.98. The maximum atomic E-state index is 11.6. The number of aliphatic hydroxyl groups excluding tert-OH is 1. The van der Waals surface area contributed by atoms with Crippen LogP contribution < -0.4 is 5.32 Å². The number of nitrogens with one attached hydrogen (secondary N) is 1. The zero-order chi connectivity index (χ0) is 13.9. The molecule has 0 spiro atoms. The van der Waals surface area contributed by atoms with Crippen LogP contribution >= 0.6 is 0 Å². The topological polar surface area (TPSA) is 49.3 Å². The van der Waals surface area contributed by atoms with E-state index >= 15 is 0 Å². The molecule has 1 rings (SSSR count). The molecule has 0 saturated carbocycles. The number of carbonyl (C=O) groups excluding carboxylic acids is 1. The first-order valence-corrected chi connectivity index (χ1v) is 7.15. The predicted molar refractivity (Wildman–Crippen MR) is 78.1 cm³/mol. The Morgan fingerprint density at radius 2 is 2.00 bits per heavy atom. The molecule has 0 bridgehead atoms. The van der Waals surface area contributed by atoms with E-state index in [1.165, 1.54) is 11.1 Å². The van der Waals surface area contributed by atoms with Crippen molar-refractivity contribution in [3.63, 3.8) is 0 Å². The first kappa shape index (κ1) is 15.7. The lowest BCUT2D eigenvalue weighted by molar-refractivity contribution is -0.121. The van der Waals surface area contributed by atoms with Crippen molar-refractivity contribution in [1.29, 1.82) is 0 Å². The molecule has 0 atom stereocenters. The summed E-state index contributed by atoms with van der Waals surface area (Å²) >= 11 is 0. The van der Waals surface area contributed by atoms with Crippen molar-refractivity contribution in [2.75, 3.05) is 13.2 Å². The average Bonchev–Trinajstić information content (AvgIpc) is 2.40. The molecule has 2 N–H and O–H groups in total. The van der Waals surface area contributed by atoms with Crippen LogP contribution in [-0.2, 0) is 11.2 Å². The highest BCUT2D eigenvalue weighted by molar-refractivity contribution is 5.76. The fourth-order valence-corrected chi connectivity index (χ4v) is 2.03. The van der Waals surface area contributed by atoms with Crippen LogP contribution in [0.15, 0.2) is 24.3 Å².